The van der Waals surface area contributed by atoms with Crippen molar-refractivity contribution in [1.82, 2.24) is 14.5 Å². The van der Waals surface area contributed by atoms with Gasteiger partial charge < -0.3 is 10.2 Å². The van der Waals surface area contributed by atoms with E-state index in [1.165, 1.54) is 16.4 Å². The Morgan fingerprint density at radius 1 is 0.902 bits per heavy atom. The molecule has 0 unspecified atom stereocenters. The zero-order valence-corrected chi connectivity index (χ0v) is 24.4. The zero-order chi connectivity index (χ0) is 29.4. The summed E-state index contributed by atoms with van der Waals surface area (Å²) in [6.45, 7) is 5.67. The molecule has 2 amide bonds. The minimum atomic E-state index is -3.51. The Morgan fingerprint density at radius 3 is 2.12 bits per heavy atom. The average molecular weight is 580 g/mol. The second-order valence-corrected chi connectivity index (χ2v) is 12.8. The highest BCUT2D eigenvalue weighted by Gasteiger charge is 2.31. The first kappa shape index (κ1) is 30.4. The van der Waals surface area contributed by atoms with E-state index >= 15 is 0 Å². The van der Waals surface area contributed by atoms with Crippen molar-refractivity contribution < 1.29 is 22.4 Å². The van der Waals surface area contributed by atoms with E-state index in [1.54, 1.807) is 41.3 Å². The highest BCUT2D eigenvalue weighted by molar-refractivity contribution is 7.89. The largest absolute Gasteiger partial charge is 0.354 e. The van der Waals surface area contributed by atoms with Crippen LogP contribution in [0.15, 0.2) is 83.8 Å². The third kappa shape index (κ3) is 8.01. The Morgan fingerprint density at radius 2 is 1.51 bits per heavy atom. The predicted molar refractivity (Wildman–Crippen MR) is 157 cm³/mol. The standard InChI is InChI=1S/C32H38FN3O4S/c1-24(2)22-34-32(38)31(27-8-4-3-5-9-27)36(23-26-10-15-28(33)16-11-26)30(37)19-14-25-12-17-29(18-13-25)41(39,40)35-20-6-7-21-35/h3-5,8-13,15-18,24,31H,6-7,14,19-23H2,1-2H3,(H,34,38)/t31-/m0/s1. The van der Waals surface area contributed by atoms with E-state index < -0.39 is 16.1 Å². The molecule has 1 heterocycles. The SMILES string of the molecule is CC(C)CNC(=O)[C@H](c1ccccc1)N(Cc1ccc(F)cc1)C(=O)CCc1ccc(S(=O)(=O)N2CCCC2)cc1. The number of rotatable bonds is 12. The molecule has 4 rings (SSSR count). The Bertz CT molecular complexity index is 1410. The van der Waals surface area contributed by atoms with Crippen molar-refractivity contribution in [2.45, 2.75) is 57.0 Å². The number of carbonyl (C=O) groups excluding carboxylic acids is 2. The number of hydrogen-bond acceptors (Lipinski definition) is 4. The van der Waals surface area contributed by atoms with Gasteiger partial charge in [-0.05, 0) is 66.1 Å². The van der Waals surface area contributed by atoms with Crippen LogP contribution in [0.5, 0.6) is 0 Å². The molecule has 1 N–H and O–H groups in total. The molecule has 1 aliphatic heterocycles. The summed E-state index contributed by atoms with van der Waals surface area (Å²) < 4.78 is 40.9. The van der Waals surface area contributed by atoms with Gasteiger partial charge in [0.05, 0.1) is 4.90 Å². The topological polar surface area (TPSA) is 86.8 Å². The number of benzene rings is 3. The molecule has 0 spiro atoms. The van der Waals surface area contributed by atoms with Gasteiger partial charge in [0, 0.05) is 32.6 Å². The number of hydrogen-bond donors (Lipinski definition) is 1. The summed E-state index contributed by atoms with van der Waals surface area (Å²) >= 11 is 0. The molecule has 0 aromatic heterocycles. The molecular weight excluding hydrogens is 541 g/mol. The fraction of sp³-hybridized carbons (Fsp3) is 0.375. The summed E-state index contributed by atoms with van der Waals surface area (Å²) in [6, 6.07) is 20.9. The first-order valence-corrected chi connectivity index (χ1v) is 15.5. The van der Waals surface area contributed by atoms with Crippen LogP contribution in [0.2, 0.25) is 0 Å². The Hall–Kier alpha value is -3.56. The fourth-order valence-electron chi connectivity index (χ4n) is 4.92. The van der Waals surface area contributed by atoms with Crippen LogP contribution in [-0.4, -0.2) is 49.1 Å². The Kier molecular flexibility index (Phi) is 10.3. The number of nitrogens with zero attached hydrogens (tertiary/aromatic N) is 2. The van der Waals surface area contributed by atoms with E-state index in [1.807, 2.05) is 44.2 Å². The lowest BCUT2D eigenvalue weighted by atomic mass is 10.0. The summed E-state index contributed by atoms with van der Waals surface area (Å²) in [6.07, 6.45) is 2.22. The van der Waals surface area contributed by atoms with Gasteiger partial charge in [-0.15, -0.1) is 0 Å². The van der Waals surface area contributed by atoms with E-state index in [9.17, 15) is 22.4 Å². The van der Waals surface area contributed by atoms with Crippen LogP contribution in [0, 0.1) is 11.7 Å². The number of sulfonamides is 1. The van der Waals surface area contributed by atoms with Gasteiger partial charge in [0.15, 0.2) is 0 Å². The van der Waals surface area contributed by atoms with Crippen molar-refractivity contribution in [1.29, 1.82) is 0 Å². The number of halogens is 1. The molecule has 1 fully saturated rings. The maximum Gasteiger partial charge on any atom is 0.247 e. The summed E-state index contributed by atoms with van der Waals surface area (Å²) in [5.41, 5.74) is 2.20. The van der Waals surface area contributed by atoms with Crippen LogP contribution >= 0.6 is 0 Å². The number of amides is 2. The van der Waals surface area contributed by atoms with Crippen molar-refractivity contribution in [2.75, 3.05) is 19.6 Å². The lowest BCUT2D eigenvalue weighted by Crippen LogP contribution is -2.44. The van der Waals surface area contributed by atoms with E-state index in [0.717, 1.165) is 18.4 Å². The molecule has 9 heteroatoms. The van der Waals surface area contributed by atoms with Crippen molar-refractivity contribution >= 4 is 21.8 Å². The minimum Gasteiger partial charge on any atom is -0.354 e. The van der Waals surface area contributed by atoms with Crippen molar-refractivity contribution in [2.24, 2.45) is 5.92 Å². The molecule has 0 saturated carbocycles. The lowest BCUT2D eigenvalue weighted by Gasteiger charge is -2.32. The van der Waals surface area contributed by atoms with Crippen LogP contribution in [0.1, 0.15) is 55.8 Å². The molecule has 1 saturated heterocycles. The molecule has 7 nitrogen and oxygen atoms in total. The van der Waals surface area contributed by atoms with E-state index in [4.69, 9.17) is 0 Å². The van der Waals surface area contributed by atoms with Gasteiger partial charge in [0.25, 0.3) is 0 Å². The first-order chi connectivity index (χ1) is 19.6. The van der Waals surface area contributed by atoms with E-state index in [0.29, 0.717) is 37.2 Å². The molecule has 3 aromatic carbocycles. The Balaban J connectivity index is 1.56. The van der Waals surface area contributed by atoms with Gasteiger partial charge in [0.2, 0.25) is 21.8 Å². The van der Waals surface area contributed by atoms with Gasteiger partial charge in [-0.25, -0.2) is 12.8 Å². The second kappa shape index (κ2) is 13.9. The van der Waals surface area contributed by atoms with Crippen LogP contribution < -0.4 is 5.32 Å². The molecule has 41 heavy (non-hydrogen) atoms. The quantitative estimate of drug-likeness (QED) is 0.324. The summed E-state index contributed by atoms with van der Waals surface area (Å²) in [7, 11) is -3.51. The zero-order valence-electron chi connectivity index (χ0n) is 23.6. The first-order valence-electron chi connectivity index (χ1n) is 14.1. The highest BCUT2D eigenvalue weighted by Crippen LogP contribution is 2.26. The second-order valence-electron chi connectivity index (χ2n) is 10.9. The lowest BCUT2D eigenvalue weighted by molar-refractivity contribution is -0.141. The van der Waals surface area contributed by atoms with Gasteiger partial charge >= 0.3 is 0 Å². The highest BCUT2D eigenvalue weighted by atomic mass is 32.2. The number of carbonyl (C=O) groups is 2. The minimum absolute atomic E-state index is 0.111. The van der Waals surface area contributed by atoms with Crippen molar-refractivity contribution in [3.8, 4) is 0 Å². The van der Waals surface area contributed by atoms with Crippen molar-refractivity contribution in [3.63, 3.8) is 0 Å². The molecular formula is C32H38FN3O4S. The summed E-state index contributed by atoms with van der Waals surface area (Å²) in [5, 5.41) is 2.97. The maximum absolute atomic E-state index is 13.8. The molecule has 3 aromatic rings. The van der Waals surface area contributed by atoms with Gasteiger partial charge in [-0.1, -0.05) is 68.4 Å². The van der Waals surface area contributed by atoms with Crippen molar-refractivity contribution in [3.05, 3.63) is 101 Å². The van der Waals surface area contributed by atoms with Crippen LogP contribution in [0.3, 0.4) is 0 Å². The number of aryl methyl sites for hydroxylation is 1. The third-order valence-electron chi connectivity index (χ3n) is 7.20. The maximum atomic E-state index is 13.8. The third-order valence-corrected chi connectivity index (χ3v) is 9.11. The van der Waals surface area contributed by atoms with Crippen LogP contribution in [-0.2, 0) is 32.6 Å². The normalized spacial score (nSPS) is 14.6. The molecule has 218 valence electrons. The molecule has 0 radical (unpaired) electrons. The predicted octanol–water partition coefficient (Wildman–Crippen LogP) is 5.09. The Labute approximate surface area is 242 Å². The van der Waals surface area contributed by atoms with Crippen LogP contribution in [0.25, 0.3) is 0 Å². The molecule has 0 bridgehead atoms. The average Bonchev–Trinajstić information content (AvgIpc) is 3.53. The molecule has 1 aliphatic rings. The van der Waals surface area contributed by atoms with E-state index in [-0.39, 0.29) is 41.4 Å². The number of nitrogens with one attached hydrogen (secondary N) is 1. The summed E-state index contributed by atoms with van der Waals surface area (Å²) in [5.74, 6) is -0.668. The molecule has 1 atom stereocenters. The van der Waals surface area contributed by atoms with Crippen LogP contribution in [0.4, 0.5) is 4.39 Å². The molecule has 0 aliphatic carbocycles. The van der Waals surface area contributed by atoms with Gasteiger partial charge in [-0.2, -0.15) is 4.31 Å². The van der Waals surface area contributed by atoms with Gasteiger partial charge in [-0.3, -0.25) is 9.59 Å². The fourth-order valence-corrected chi connectivity index (χ4v) is 6.44. The van der Waals surface area contributed by atoms with Gasteiger partial charge in [0.1, 0.15) is 11.9 Å². The smallest absolute Gasteiger partial charge is 0.247 e. The monoisotopic (exact) mass is 579 g/mol. The summed E-state index contributed by atoms with van der Waals surface area (Å²) in [4.78, 5) is 29.1. The van der Waals surface area contributed by atoms with E-state index in [2.05, 4.69) is 5.32 Å².